The zero-order valence-corrected chi connectivity index (χ0v) is 16.6. The first-order valence-electron chi connectivity index (χ1n) is 8.98. The SMILES string of the molecule is N#Cc1ccc(CC2(NC(=O)Nc3cc(Cl)cc(Cl)c3)CCCCC2=O)cc1. The second kappa shape index (κ2) is 8.64. The second-order valence-electron chi connectivity index (χ2n) is 6.94. The van der Waals surface area contributed by atoms with Crippen LogP contribution in [0.25, 0.3) is 0 Å². The van der Waals surface area contributed by atoms with Crippen LogP contribution in [0.4, 0.5) is 10.5 Å². The van der Waals surface area contributed by atoms with Gasteiger partial charge in [0.05, 0.1) is 11.6 Å². The van der Waals surface area contributed by atoms with E-state index in [4.69, 9.17) is 28.5 Å². The van der Waals surface area contributed by atoms with Crippen LogP contribution in [0.2, 0.25) is 10.0 Å². The summed E-state index contributed by atoms with van der Waals surface area (Å²) in [6.07, 6.45) is 3.04. The van der Waals surface area contributed by atoms with Crippen molar-refractivity contribution in [2.24, 2.45) is 0 Å². The lowest BCUT2D eigenvalue weighted by atomic mass is 9.76. The van der Waals surface area contributed by atoms with Crippen molar-refractivity contribution in [3.8, 4) is 6.07 Å². The van der Waals surface area contributed by atoms with Crippen LogP contribution in [0.1, 0.15) is 36.8 Å². The van der Waals surface area contributed by atoms with Crippen molar-refractivity contribution in [1.82, 2.24) is 5.32 Å². The topological polar surface area (TPSA) is 82.0 Å². The van der Waals surface area contributed by atoms with E-state index in [1.165, 1.54) is 0 Å². The molecule has 1 aliphatic carbocycles. The Balaban J connectivity index is 1.80. The quantitative estimate of drug-likeness (QED) is 0.727. The Bertz CT molecular complexity index is 917. The minimum absolute atomic E-state index is 0.0161. The molecule has 3 rings (SSSR count). The standard InChI is InChI=1S/C21H19Cl2N3O2/c22-16-9-17(23)11-18(10-16)25-20(28)26-21(8-2-1-3-19(21)27)12-14-4-6-15(13-24)7-5-14/h4-7,9-11H,1-3,8,12H2,(H2,25,26,28). The summed E-state index contributed by atoms with van der Waals surface area (Å²) in [6.45, 7) is 0. The molecule has 7 heteroatoms. The van der Waals surface area contributed by atoms with E-state index in [0.717, 1.165) is 18.4 Å². The van der Waals surface area contributed by atoms with Crippen molar-refractivity contribution in [3.63, 3.8) is 0 Å². The number of amides is 2. The number of rotatable bonds is 4. The zero-order valence-electron chi connectivity index (χ0n) is 15.1. The predicted molar refractivity (Wildman–Crippen MR) is 110 cm³/mol. The van der Waals surface area contributed by atoms with Gasteiger partial charge >= 0.3 is 6.03 Å². The van der Waals surface area contributed by atoms with Gasteiger partial charge in [0.15, 0.2) is 5.78 Å². The average Bonchev–Trinajstić information content (AvgIpc) is 2.64. The lowest BCUT2D eigenvalue weighted by Crippen LogP contribution is -2.58. The molecule has 0 saturated heterocycles. The van der Waals surface area contributed by atoms with Crippen LogP contribution in [-0.2, 0) is 11.2 Å². The highest BCUT2D eigenvalue weighted by Crippen LogP contribution is 2.29. The van der Waals surface area contributed by atoms with Gasteiger partial charge in [-0.1, -0.05) is 41.8 Å². The highest BCUT2D eigenvalue weighted by Gasteiger charge is 2.41. The summed E-state index contributed by atoms with van der Waals surface area (Å²) in [5, 5.41) is 15.4. The van der Waals surface area contributed by atoms with E-state index in [2.05, 4.69) is 16.7 Å². The largest absolute Gasteiger partial charge is 0.325 e. The molecule has 0 aliphatic heterocycles. The number of benzene rings is 2. The molecule has 1 atom stereocenters. The van der Waals surface area contributed by atoms with Crippen LogP contribution < -0.4 is 10.6 Å². The summed E-state index contributed by atoms with van der Waals surface area (Å²) in [5.74, 6) is 0.0161. The van der Waals surface area contributed by atoms with Gasteiger partial charge < -0.3 is 10.6 Å². The Morgan fingerprint density at radius 2 is 1.79 bits per heavy atom. The van der Waals surface area contributed by atoms with Gasteiger partial charge in [0, 0.05) is 28.6 Å². The number of urea groups is 1. The average molecular weight is 416 g/mol. The molecule has 2 aromatic carbocycles. The Labute approximate surface area is 173 Å². The minimum Gasteiger partial charge on any atom is -0.325 e. The number of carbonyl (C=O) groups excluding carboxylic acids is 2. The highest BCUT2D eigenvalue weighted by atomic mass is 35.5. The summed E-state index contributed by atoms with van der Waals surface area (Å²) < 4.78 is 0. The number of halogens is 2. The van der Waals surface area contributed by atoms with Crippen molar-refractivity contribution >= 4 is 40.7 Å². The molecule has 2 N–H and O–H groups in total. The molecular formula is C21H19Cl2N3O2. The van der Waals surface area contributed by atoms with E-state index in [1.54, 1.807) is 30.3 Å². The smallest absolute Gasteiger partial charge is 0.320 e. The van der Waals surface area contributed by atoms with E-state index in [0.29, 0.717) is 40.6 Å². The maximum Gasteiger partial charge on any atom is 0.320 e. The van der Waals surface area contributed by atoms with Gasteiger partial charge in [-0.05, 0) is 48.7 Å². The molecule has 0 radical (unpaired) electrons. The molecule has 1 saturated carbocycles. The van der Waals surface area contributed by atoms with E-state index < -0.39 is 11.6 Å². The van der Waals surface area contributed by atoms with Crippen molar-refractivity contribution in [2.45, 2.75) is 37.6 Å². The van der Waals surface area contributed by atoms with Gasteiger partial charge in [0.25, 0.3) is 0 Å². The van der Waals surface area contributed by atoms with Crippen LogP contribution in [0, 0.1) is 11.3 Å². The van der Waals surface area contributed by atoms with Crippen LogP contribution in [0.5, 0.6) is 0 Å². The maximum atomic E-state index is 12.8. The lowest BCUT2D eigenvalue weighted by molar-refractivity contribution is -0.127. The van der Waals surface area contributed by atoms with Gasteiger partial charge in [0.2, 0.25) is 0 Å². The maximum absolute atomic E-state index is 12.8. The van der Waals surface area contributed by atoms with E-state index >= 15 is 0 Å². The Hall–Kier alpha value is -2.55. The lowest BCUT2D eigenvalue weighted by Gasteiger charge is -2.36. The second-order valence-corrected chi connectivity index (χ2v) is 7.81. The number of hydrogen-bond donors (Lipinski definition) is 2. The predicted octanol–water partition coefficient (Wildman–Crippen LogP) is 5.11. The molecule has 1 aliphatic rings. The minimum atomic E-state index is -0.973. The van der Waals surface area contributed by atoms with Crippen LogP contribution in [0.15, 0.2) is 42.5 Å². The fourth-order valence-corrected chi connectivity index (χ4v) is 4.03. The molecular weight excluding hydrogens is 397 g/mol. The van der Waals surface area contributed by atoms with Crippen LogP contribution in [-0.4, -0.2) is 17.4 Å². The Morgan fingerprint density at radius 3 is 2.39 bits per heavy atom. The van der Waals surface area contributed by atoms with E-state index in [9.17, 15) is 9.59 Å². The number of hydrogen-bond acceptors (Lipinski definition) is 3. The molecule has 2 aromatic rings. The van der Waals surface area contributed by atoms with Crippen molar-refractivity contribution < 1.29 is 9.59 Å². The van der Waals surface area contributed by atoms with Crippen LogP contribution >= 0.6 is 23.2 Å². The fourth-order valence-electron chi connectivity index (χ4n) is 3.51. The molecule has 0 spiro atoms. The Morgan fingerprint density at radius 1 is 1.11 bits per heavy atom. The third-order valence-corrected chi connectivity index (χ3v) is 5.29. The van der Waals surface area contributed by atoms with Gasteiger partial charge in [-0.25, -0.2) is 4.79 Å². The number of nitriles is 1. The molecule has 5 nitrogen and oxygen atoms in total. The monoisotopic (exact) mass is 415 g/mol. The molecule has 0 aromatic heterocycles. The molecule has 0 bridgehead atoms. The van der Waals surface area contributed by atoms with Gasteiger partial charge in [0.1, 0.15) is 5.54 Å². The first kappa shape index (κ1) is 20.2. The zero-order chi connectivity index (χ0) is 20.1. The highest BCUT2D eigenvalue weighted by molar-refractivity contribution is 6.35. The number of ketones is 1. The molecule has 144 valence electrons. The summed E-state index contributed by atoms with van der Waals surface area (Å²) in [4.78, 5) is 25.4. The molecule has 1 unspecified atom stereocenters. The molecule has 2 amide bonds. The van der Waals surface area contributed by atoms with Gasteiger partial charge in [-0.3, -0.25) is 4.79 Å². The van der Waals surface area contributed by atoms with Crippen molar-refractivity contribution in [3.05, 3.63) is 63.6 Å². The summed E-state index contributed by atoms with van der Waals surface area (Å²) >= 11 is 11.9. The number of anilines is 1. The first-order chi connectivity index (χ1) is 13.4. The molecule has 0 heterocycles. The van der Waals surface area contributed by atoms with Crippen molar-refractivity contribution in [2.75, 3.05) is 5.32 Å². The molecule has 1 fully saturated rings. The molecule has 28 heavy (non-hydrogen) atoms. The summed E-state index contributed by atoms with van der Waals surface area (Å²) in [7, 11) is 0. The summed E-state index contributed by atoms with van der Waals surface area (Å²) in [6, 6.07) is 13.4. The third-order valence-electron chi connectivity index (χ3n) is 4.85. The number of nitrogens with one attached hydrogen (secondary N) is 2. The fraction of sp³-hybridized carbons (Fsp3) is 0.286. The first-order valence-corrected chi connectivity index (χ1v) is 9.73. The van der Waals surface area contributed by atoms with Gasteiger partial charge in [-0.15, -0.1) is 0 Å². The van der Waals surface area contributed by atoms with Crippen LogP contribution in [0.3, 0.4) is 0 Å². The van der Waals surface area contributed by atoms with E-state index in [1.807, 2.05) is 12.1 Å². The number of nitrogens with zero attached hydrogens (tertiary/aromatic N) is 1. The third kappa shape index (κ3) is 4.83. The number of Topliss-reactive ketones (excluding diaryl/α,β-unsaturated/α-hetero) is 1. The number of carbonyl (C=O) groups is 2. The summed E-state index contributed by atoms with van der Waals surface area (Å²) in [5.41, 5.74) is 0.919. The van der Waals surface area contributed by atoms with E-state index in [-0.39, 0.29) is 5.78 Å². The van der Waals surface area contributed by atoms with Crippen molar-refractivity contribution in [1.29, 1.82) is 5.26 Å². The Kier molecular flexibility index (Phi) is 6.23. The van der Waals surface area contributed by atoms with Gasteiger partial charge in [-0.2, -0.15) is 5.26 Å². The normalized spacial score (nSPS) is 19.0.